The molecular formula is C24H24ClN5O2S. The Morgan fingerprint density at radius 2 is 2.09 bits per heavy atom. The molecule has 1 amide bonds. The van der Waals surface area contributed by atoms with Crippen LogP contribution in [-0.2, 0) is 0 Å². The highest BCUT2D eigenvalue weighted by Crippen LogP contribution is 2.33. The highest BCUT2D eigenvalue weighted by atomic mass is 35.5. The maximum Gasteiger partial charge on any atom is 0.261 e. The molecule has 1 aliphatic rings. The van der Waals surface area contributed by atoms with Gasteiger partial charge in [0, 0.05) is 16.7 Å². The second kappa shape index (κ2) is 9.13. The van der Waals surface area contributed by atoms with E-state index in [-0.39, 0.29) is 6.10 Å². The third kappa shape index (κ3) is 4.46. The number of rotatable bonds is 6. The van der Waals surface area contributed by atoms with E-state index < -0.39 is 5.91 Å². The van der Waals surface area contributed by atoms with Gasteiger partial charge in [-0.05, 0) is 63.0 Å². The van der Waals surface area contributed by atoms with E-state index in [1.807, 2.05) is 34.9 Å². The molecule has 0 bridgehead atoms. The lowest BCUT2D eigenvalue weighted by Crippen LogP contribution is -2.35. The van der Waals surface area contributed by atoms with Crippen LogP contribution in [0.5, 0.6) is 5.75 Å². The third-order valence-corrected chi connectivity index (χ3v) is 7.34. The number of amides is 1. The van der Waals surface area contributed by atoms with Gasteiger partial charge < -0.3 is 15.8 Å². The molecule has 9 heteroatoms. The Bertz CT molecular complexity index is 1310. The Kier molecular flexibility index (Phi) is 6.05. The number of hydrogen-bond donors (Lipinski definition) is 2. The van der Waals surface area contributed by atoms with Crippen molar-refractivity contribution in [1.29, 1.82) is 0 Å². The number of carbonyl (C=O) groups is 1. The number of halogens is 1. The number of hydrogen-bond acceptors (Lipinski definition) is 6. The van der Waals surface area contributed by atoms with Crippen LogP contribution in [0, 0.1) is 5.92 Å². The first-order valence-corrected chi connectivity index (χ1v) is 12.1. The molecule has 3 N–H and O–H groups in total. The van der Waals surface area contributed by atoms with Gasteiger partial charge in [0.05, 0.1) is 22.8 Å². The first-order valence-electron chi connectivity index (χ1n) is 10.9. The summed E-state index contributed by atoms with van der Waals surface area (Å²) in [6, 6.07) is 13.1. The van der Waals surface area contributed by atoms with Gasteiger partial charge in [-0.25, -0.2) is 9.97 Å². The maximum atomic E-state index is 12.2. The molecule has 0 spiro atoms. The van der Waals surface area contributed by atoms with Gasteiger partial charge in [-0.2, -0.15) is 0 Å². The van der Waals surface area contributed by atoms with Crippen LogP contribution >= 0.6 is 22.9 Å². The minimum Gasteiger partial charge on any atom is -0.490 e. The number of piperidine rings is 1. The van der Waals surface area contributed by atoms with Crippen molar-refractivity contribution in [3.8, 4) is 22.1 Å². The summed E-state index contributed by atoms with van der Waals surface area (Å²) in [5.74, 6) is 0.791. The summed E-state index contributed by atoms with van der Waals surface area (Å²) in [6.07, 6.45) is 4.05. The van der Waals surface area contributed by atoms with Crippen molar-refractivity contribution < 1.29 is 9.53 Å². The molecule has 1 atom stereocenters. The second-order valence-electron chi connectivity index (χ2n) is 8.22. The van der Waals surface area contributed by atoms with Crippen LogP contribution in [0.3, 0.4) is 0 Å². The van der Waals surface area contributed by atoms with Crippen LogP contribution in [0.4, 0.5) is 0 Å². The van der Waals surface area contributed by atoms with E-state index in [1.54, 1.807) is 18.5 Å². The molecule has 1 saturated heterocycles. The standard InChI is InChI=1S/C24H24ClN5O2S/c1-14(15-7-9-27-10-8-15)32-18-5-6-19-20(12-18)30(13-28-19)24-29-21(22(33-24)23(26)31)16-3-2-4-17(25)11-16/h2-6,11-15,27H,7-10H2,1H3,(H2,26,31). The first-order chi connectivity index (χ1) is 16.0. The van der Waals surface area contributed by atoms with E-state index in [1.165, 1.54) is 11.3 Å². The van der Waals surface area contributed by atoms with E-state index in [4.69, 9.17) is 27.1 Å². The molecule has 0 saturated carbocycles. The van der Waals surface area contributed by atoms with Gasteiger partial charge in [0.1, 0.15) is 17.0 Å². The zero-order chi connectivity index (χ0) is 22.9. The number of carbonyl (C=O) groups excluding carboxylic acids is 1. The van der Waals surface area contributed by atoms with Gasteiger partial charge in [0.15, 0.2) is 5.13 Å². The van der Waals surface area contributed by atoms with E-state index >= 15 is 0 Å². The number of nitrogens with zero attached hydrogens (tertiary/aromatic N) is 3. The molecular weight excluding hydrogens is 458 g/mol. The summed E-state index contributed by atoms with van der Waals surface area (Å²) in [6.45, 7) is 4.20. The minimum absolute atomic E-state index is 0.122. The number of benzene rings is 2. The highest BCUT2D eigenvalue weighted by Gasteiger charge is 2.22. The summed E-state index contributed by atoms with van der Waals surface area (Å²) >= 11 is 7.38. The average Bonchev–Trinajstić information content (AvgIpc) is 3.44. The average molecular weight is 482 g/mol. The Morgan fingerprint density at radius 3 is 2.85 bits per heavy atom. The highest BCUT2D eigenvalue weighted by molar-refractivity contribution is 7.16. The van der Waals surface area contributed by atoms with Crippen LogP contribution < -0.4 is 15.8 Å². The minimum atomic E-state index is -0.530. The molecule has 3 heterocycles. The summed E-state index contributed by atoms with van der Waals surface area (Å²) < 4.78 is 8.16. The van der Waals surface area contributed by atoms with Crippen molar-refractivity contribution in [3.63, 3.8) is 0 Å². The quantitative estimate of drug-likeness (QED) is 0.417. The molecule has 2 aromatic carbocycles. The van der Waals surface area contributed by atoms with Crippen molar-refractivity contribution in [2.24, 2.45) is 11.7 Å². The first kappa shape index (κ1) is 21.9. The summed E-state index contributed by atoms with van der Waals surface area (Å²) in [5.41, 5.74) is 8.59. The lowest BCUT2D eigenvalue weighted by Gasteiger charge is -2.28. The number of nitrogens with one attached hydrogen (secondary N) is 1. The number of primary amides is 1. The topological polar surface area (TPSA) is 95.1 Å². The number of fused-ring (bicyclic) bond motifs is 1. The number of thiazole rings is 1. The Hall–Kier alpha value is -2.94. The van der Waals surface area contributed by atoms with Crippen molar-refractivity contribution >= 4 is 39.9 Å². The summed E-state index contributed by atoms with van der Waals surface area (Å²) in [4.78, 5) is 21.8. The normalized spacial score (nSPS) is 15.6. The van der Waals surface area contributed by atoms with Crippen molar-refractivity contribution in [2.75, 3.05) is 13.1 Å². The predicted molar refractivity (Wildman–Crippen MR) is 131 cm³/mol. The van der Waals surface area contributed by atoms with E-state index in [9.17, 15) is 4.79 Å². The number of nitrogens with two attached hydrogens (primary N) is 1. The van der Waals surface area contributed by atoms with Crippen molar-refractivity contribution in [1.82, 2.24) is 19.9 Å². The monoisotopic (exact) mass is 481 g/mol. The molecule has 5 rings (SSSR count). The van der Waals surface area contributed by atoms with Crippen LogP contribution in [0.25, 0.3) is 27.4 Å². The van der Waals surface area contributed by atoms with Gasteiger partial charge in [-0.1, -0.05) is 35.1 Å². The van der Waals surface area contributed by atoms with Crippen LogP contribution in [0.15, 0.2) is 48.8 Å². The van der Waals surface area contributed by atoms with Gasteiger partial charge in [0.25, 0.3) is 5.91 Å². The molecule has 0 aliphatic carbocycles. The fourth-order valence-electron chi connectivity index (χ4n) is 4.25. The second-order valence-corrected chi connectivity index (χ2v) is 9.64. The zero-order valence-electron chi connectivity index (χ0n) is 18.1. The van der Waals surface area contributed by atoms with Crippen LogP contribution in [-0.4, -0.2) is 39.6 Å². The molecule has 33 heavy (non-hydrogen) atoms. The summed E-state index contributed by atoms with van der Waals surface area (Å²) in [5, 5.41) is 4.56. The Labute approximate surface area is 200 Å². The number of aromatic nitrogens is 3. The molecule has 4 aromatic rings. The smallest absolute Gasteiger partial charge is 0.261 e. The molecule has 7 nitrogen and oxygen atoms in total. The molecule has 1 fully saturated rings. The SMILES string of the molecule is CC(Oc1ccc2ncn(-c3nc(-c4cccc(Cl)c4)c(C(N)=O)s3)c2c1)C1CCNCC1. The third-order valence-electron chi connectivity index (χ3n) is 6.03. The molecule has 170 valence electrons. The fraction of sp³-hybridized carbons (Fsp3) is 0.292. The Balaban J connectivity index is 1.50. The van der Waals surface area contributed by atoms with E-state index in [0.717, 1.165) is 48.3 Å². The van der Waals surface area contributed by atoms with Crippen molar-refractivity contribution in [3.05, 3.63) is 58.7 Å². The molecule has 1 unspecified atom stereocenters. The van der Waals surface area contributed by atoms with Crippen LogP contribution in [0.2, 0.25) is 5.02 Å². The predicted octanol–water partition coefficient (Wildman–Crippen LogP) is 4.67. The Morgan fingerprint density at radius 1 is 1.27 bits per heavy atom. The van der Waals surface area contributed by atoms with Gasteiger partial charge in [-0.3, -0.25) is 9.36 Å². The van der Waals surface area contributed by atoms with Gasteiger partial charge >= 0.3 is 0 Å². The van der Waals surface area contributed by atoms with Gasteiger partial charge in [0.2, 0.25) is 0 Å². The molecule has 0 radical (unpaired) electrons. The number of imidazole rings is 1. The lowest BCUT2D eigenvalue weighted by atomic mass is 9.93. The summed E-state index contributed by atoms with van der Waals surface area (Å²) in [7, 11) is 0. The number of ether oxygens (including phenoxy) is 1. The molecule has 1 aliphatic heterocycles. The largest absolute Gasteiger partial charge is 0.490 e. The van der Waals surface area contributed by atoms with E-state index in [0.29, 0.717) is 26.6 Å². The van der Waals surface area contributed by atoms with Crippen molar-refractivity contribution in [2.45, 2.75) is 25.9 Å². The van der Waals surface area contributed by atoms with Gasteiger partial charge in [-0.15, -0.1) is 0 Å². The van der Waals surface area contributed by atoms with E-state index in [2.05, 4.69) is 17.2 Å². The zero-order valence-corrected chi connectivity index (χ0v) is 19.7. The fourth-order valence-corrected chi connectivity index (χ4v) is 5.36. The maximum absolute atomic E-state index is 12.2. The lowest BCUT2D eigenvalue weighted by molar-refractivity contribution is 0.100. The van der Waals surface area contributed by atoms with Crippen LogP contribution in [0.1, 0.15) is 29.4 Å². The molecule has 2 aromatic heterocycles.